The van der Waals surface area contributed by atoms with E-state index in [1.54, 1.807) is 0 Å². The van der Waals surface area contributed by atoms with Crippen LogP contribution in [0, 0.1) is 17.8 Å². The van der Waals surface area contributed by atoms with Gasteiger partial charge in [-0.3, -0.25) is 14.4 Å². The third-order valence-corrected chi connectivity index (χ3v) is 15.5. The number of carbonyl (C=O) groups is 3. The average Bonchev–Trinajstić information content (AvgIpc) is 3.36. The maximum atomic E-state index is 12.9. The second-order valence-electron chi connectivity index (χ2n) is 24.0. The zero-order chi connectivity index (χ0) is 52.6. The molecule has 0 heterocycles. The van der Waals surface area contributed by atoms with Crippen LogP contribution in [0.25, 0.3) is 0 Å². The molecule has 0 amide bonds. The molecule has 0 aliphatic carbocycles. The van der Waals surface area contributed by atoms with E-state index in [9.17, 15) is 14.4 Å². The quantitative estimate of drug-likeness (QED) is 0.0343. The Balaban J connectivity index is 4.29. The Morgan fingerprint density at radius 2 is 0.486 bits per heavy atom. The minimum Gasteiger partial charge on any atom is -0.462 e. The molecule has 0 N–H and O–H groups in total. The van der Waals surface area contributed by atoms with Crippen molar-refractivity contribution in [2.24, 2.45) is 17.8 Å². The van der Waals surface area contributed by atoms with E-state index in [4.69, 9.17) is 14.2 Å². The largest absolute Gasteiger partial charge is 0.462 e. The van der Waals surface area contributed by atoms with E-state index in [0.717, 1.165) is 75.5 Å². The molecular weight excluding hydrogens is 889 g/mol. The summed E-state index contributed by atoms with van der Waals surface area (Å²) in [5, 5.41) is 0. The molecule has 0 aromatic heterocycles. The molecule has 0 rings (SSSR count). The lowest BCUT2D eigenvalue weighted by atomic mass is 9.99. The van der Waals surface area contributed by atoms with Crippen LogP contribution in [-0.4, -0.2) is 37.2 Å². The smallest absolute Gasteiger partial charge is 0.306 e. The van der Waals surface area contributed by atoms with E-state index in [2.05, 4.69) is 41.5 Å². The number of rotatable bonds is 59. The molecule has 428 valence electrons. The highest BCUT2D eigenvalue weighted by molar-refractivity contribution is 5.71. The van der Waals surface area contributed by atoms with Gasteiger partial charge in [-0.25, -0.2) is 0 Å². The third kappa shape index (κ3) is 57.7. The van der Waals surface area contributed by atoms with Gasteiger partial charge in [-0.05, 0) is 37.0 Å². The number of carbonyl (C=O) groups excluding carboxylic acids is 3. The van der Waals surface area contributed by atoms with Gasteiger partial charge in [0.05, 0.1) is 0 Å². The van der Waals surface area contributed by atoms with Gasteiger partial charge in [0.2, 0.25) is 0 Å². The summed E-state index contributed by atoms with van der Waals surface area (Å²) in [6, 6.07) is 0. The van der Waals surface area contributed by atoms with Crippen molar-refractivity contribution in [1.82, 2.24) is 0 Å². The monoisotopic (exact) mass is 1020 g/mol. The van der Waals surface area contributed by atoms with Crippen molar-refractivity contribution in [2.75, 3.05) is 13.2 Å². The highest BCUT2D eigenvalue weighted by Crippen LogP contribution is 2.20. The van der Waals surface area contributed by atoms with Crippen molar-refractivity contribution < 1.29 is 28.6 Å². The Hall–Kier alpha value is -1.59. The SMILES string of the molecule is CCC(C)CCCCCCCCCCCCCCCCC(=O)OC[C@@H](COC(=O)CCCCCCCCCCCCCCCCCCC(C)C)OC(=O)CCCCCCCCCCCCCCCCC(C)C. The first-order valence-corrected chi connectivity index (χ1v) is 32.6. The van der Waals surface area contributed by atoms with Crippen LogP contribution in [0.5, 0.6) is 0 Å². The van der Waals surface area contributed by atoms with Crippen LogP contribution < -0.4 is 0 Å². The lowest BCUT2D eigenvalue weighted by Gasteiger charge is -2.18. The van der Waals surface area contributed by atoms with Crippen LogP contribution in [-0.2, 0) is 28.6 Å². The first kappa shape index (κ1) is 70.4. The summed E-state index contributed by atoms with van der Waals surface area (Å²) in [5.41, 5.74) is 0. The Morgan fingerprint density at radius 3 is 0.722 bits per heavy atom. The van der Waals surface area contributed by atoms with E-state index in [-0.39, 0.29) is 31.1 Å². The minimum atomic E-state index is -0.765. The number of hydrogen-bond donors (Lipinski definition) is 0. The summed E-state index contributed by atoms with van der Waals surface area (Å²) in [5.74, 6) is 1.76. The topological polar surface area (TPSA) is 78.9 Å². The van der Waals surface area contributed by atoms with Crippen LogP contribution in [0.1, 0.15) is 369 Å². The molecular formula is C66H128O6. The van der Waals surface area contributed by atoms with Gasteiger partial charge in [0.15, 0.2) is 6.10 Å². The van der Waals surface area contributed by atoms with Gasteiger partial charge in [0.1, 0.15) is 13.2 Å². The molecule has 0 bridgehead atoms. The van der Waals surface area contributed by atoms with Crippen molar-refractivity contribution in [1.29, 1.82) is 0 Å². The fourth-order valence-corrected chi connectivity index (χ4v) is 10.2. The molecule has 2 atom stereocenters. The van der Waals surface area contributed by atoms with E-state index < -0.39 is 6.10 Å². The van der Waals surface area contributed by atoms with Gasteiger partial charge in [-0.1, -0.05) is 330 Å². The highest BCUT2D eigenvalue weighted by atomic mass is 16.6. The summed E-state index contributed by atoms with van der Waals surface area (Å²) < 4.78 is 17.0. The molecule has 0 aromatic carbocycles. The summed E-state index contributed by atoms with van der Waals surface area (Å²) in [7, 11) is 0. The molecule has 1 unspecified atom stereocenters. The minimum absolute atomic E-state index is 0.0624. The number of ether oxygens (including phenoxy) is 3. The lowest BCUT2D eigenvalue weighted by molar-refractivity contribution is -0.167. The second-order valence-corrected chi connectivity index (χ2v) is 24.0. The van der Waals surface area contributed by atoms with Gasteiger partial charge in [-0.15, -0.1) is 0 Å². The first-order valence-electron chi connectivity index (χ1n) is 32.6. The van der Waals surface area contributed by atoms with Gasteiger partial charge in [-0.2, -0.15) is 0 Å². The van der Waals surface area contributed by atoms with E-state index in [1.807, 2.05) is 0 Å². The number of hydrogen-bond acceptors (Lipinski definition) is 6. The fourth-order valence-electron chi connectivity index (χ4n) is 10.2. The zero-order valence-corrected chi connectivity index (χ0v) is 49.7. The standard InChI is InChI=1S/C66H128O6/c1-7-62(6)54-48-42-36-30-24-18-13-15-20-26-32-38-44-50-56-65(68)71-59-63(72-66(69)57-51-45-39-33-27-21-14-12-17-23-29-35-41-47-53-61(4)5)58-70-64(67)55-49-43-37-31-25-19-11-9-8-10-16-22-28-34-40-46-52-60(2)3/h60-63H,7-59H2,1-6H3/t62?,63-/m1/s1. The molecule has 72 heavy (non-hydrogen) atoms. The van der Waals surface area contributed by atoms with Crippen molar-refractivity contribution in [3.63, 3.8) is 0 Å². The molecule has 6 nitrogen and oxygen atoms in total. The predicted octanol–water partition coefficient (Wildman–Crippen LogP) is 21.8. The Labute approximate surface area is 450 Å². The average molecular weight is 1020 g/mol. The van der Waals surface area contributed by atoms with Crippen molar-refractivity contribution >= 4 is 17.9 Å². The van der Waals surface area contributed by atoms with Gasteiger partial charge in [0.25, 0.3) is 0 Å². The summed E-state index contributed by atoms with van der Waals surface area (Å²) in [6.07, 6.45) is 62.4. The second kappa shape index (κ2) is 57.1. The van der Waals surface area contributed by atoms with Crippen LogP contribution in [0.2, 0.25) is 0 Å². The predicted molar refractivity (Wildman–Crippen MR) is 312 cm³/mol. The van der Waals surface area contributed by atoms with Crippen LogP contribution in [0.3, 0.4) is 0 Å². The molecule has 0 aliphatic rings. The van der Waals surface area contributed by atoms with Crippen LogP contribution in [0.4, 0.5) is 0 Å². The summed E-state index contributed by atoms with van der Waals surface area (Å²) in [6.45, 7) is 13.9. The Bertz CT molecular complexity index is 1120. The van der Waals surface area contributed by atoms with Gasteiger partial charge < -0.3 is 14.2 Å². The normalized spacial score (nSPS) is 12.5. The first-order chi connectivity index (χ1) is 35.1. The Morgan fingerprint density at radius 1 is 0.278 bits per heavy atom. The molecule has 0 fully saturated rings. The van der Waals surface area contributed by atoms with Crippen molar-refractivity contribution in [3.8, 4) is 0 Å². The molecule has 0 saturated heterocycles. The van der Waals surface area contributed by atoms with E-state index in [0.29, 0.717) is 19.3 Å². The fraction of sp³-hybridized carbons (Fsp3) is 0.955. The Kier molecular flexibility index (Phi) is 55.9. The van der Waals surface area contributed by atoms with Crippen molar-refractivity contribution in [2.45, 2.75) is 375 Å². The summed E-state index contributed by atoms with van der Waals surface area (Å²) >= 11 is 0. The molecule has 0 radical (unpaired) electrons. The number of unbranched alkanes of at least 4 members (excludes halogenated alkanes) is 41. The molecule has 0 spiro atoms. The third-order valence-electron chi connectivity index (χ3n) is 15.5. The van der Waals surface area contributed by atoms with Crippen molar-refractivity contribution in [3.05, 3.63) is 0 Å². The van der Waals surface area contributed by atoms with Gasteiger partial charge in [0, 0.05) is 19.3 Å². The zero-order valence-electron chi connectivity index (χ0n) is 49.7. The van der Waals surface area contributed by atoms with Crippen LogP contribution in [0.15, 0.2) is 0 Å². The number of esters is 3. The molecule has 0 aliphatic heterocycles. The lowest BCUT2D eigenvalue weighted by Crippen LogP contribution is -2.30. The molecule has 0 saturated carbocycles. The maximum absolute atomic E-state index is 12.9. The van der Waals surface area contributed by atoms with Gasteiger partial charge >= 0.3 is 17.9 Å². The molecule has 0 aromatic rings. The summed E-state index contributed by atoms with van der Waals surface area (Å²) in [4.78, 5) is 38.4. The van der Waals surface area contributed by atoms with E-state index >= 15 is 0 Å². The highest BCUT2D eigenvalue weighted by Gasteiger charge is 2.19. The van der Waals surface area contributed by atoms with Crippen LogP contribution >= 0.6 is 0 Å². The maximum Gasteiger partial charge on any atom is 0.306 e. The van der Waals surface area contributed by atoms with E-state index in [1.165, 1.54) is 250 Å². The molecule has 6 heteroatoms.